The summed E-state index contributed by atoms with van der Waals surface area (Å²) in [5.74, 6) is -1.86. The Bertz CT molecular complexity index is 415. The second-order valence-electron chi connectivity index (χ2n) is 3.81. The van der Waals surface area contributed by atoms with Gasteiger partial charge in [-0.05, 0) is 26.0 Å². The lowest BCUT2D eigenvalue weighted by Crippen LogP contribution is -2.53. The lowest BCUT2D eigenvalue weighted by molar-refractivity contribution is -0.122. The normalized spacial score (nSPS) is 10.9. The van der Waals surface area contributed by atoms with Crippen molar-refractivity contribution < 1.29 is 14.0 Å². The molecule has 0 aliphatic carbocycles. The average molecular weight is 225 g/mol. The van der Waals surface area contributed by atoms with E-state index in [-0.39, 0.29) is 5.56 Å². The number of amides is 2. The van der Waals surface area contributed by atoms with Gasteiger partial charge in [-0.3, -0.25) is 9.59 Å². The van der Waals surface area contributed by atoms with Gasteiger partial charge in [-0.2, -0.15) is 4.39 Å². The molecule has 0 spiro atoms. The molecule has 2 amide bonds. The third-order valence-electron chi connectivity index (χ3n) is 2.03. The topological polar surface area (TPSA) is 85.1 Å². The summed E-state index contributed by atoms with van der Waals surface area (Å²) < 4.78 is 12.5. The number of hydrogen-bond donors (Lipinski definition) is 2. The van der Waals surface area contributed by atoms with Gasteiger partial charge in [-0.15, -0.1) is 0 Å². The van der Waals surface area contributed by atoms with Crippen LogP contribution in [0.2, 0.25) is 0 Å². The van der Waals surface area contributed by atoms with E-state index in [9.17, 15) is 14.0 Å². The standard InChI is InChI=1S/C10H12FN3O2/c1-10(2,9(12)16)14-8(15)6-3-4-7(11)13-5-6/h3-5H,1-2H3,(H2,12,16)(H,14,15). The molecule has 3 N–H and O–H groups in total. The zero-order valence-electron chi connectivity index (χ0n) is 8.95. The third-order valence-corrected chi connectivity index (χ3v) is 2.03. The average Bonchev–Trinajstić information content (AvgIpc) is 2.17. The summed E-state index contributed by atoms with van der Waals surface area (Å²) in [6, 6.07) is 2.33. The first-order chi connectivity index (χ1) is 7.33. The zero-order chi connectivity index (χ0) is 12.3. The summed E-state index contributed by atoms with van der Waals surface area (Å²) in [5.41, 5.74) is 4.09. The molecule has 1 heterocycles. The van der Waals surface area contributed by atoms with E-state index < -0.39 is 23.3 Å². The second-order valence-corrected chi connectivity index (χ2v) is 3.81. The number of carbonyl (C=O) groups is 2. The minimum Gasteiger partial charge on any atom is -0.368 e. The first-order valence-electron chi connectivity index (χ1n) is 4.57. The van der Waals surface area contributed by atoms with Crippen molar-refractivity contribution in [2.45, 2.75) is 19.4 Å². The molecule has 0 aromatic carbocycles. The molecular weight excluding hydrogens is 213 g/mol. The lowest BCUT2D eigenvalue weighted by Gasteiger charge is -2.21. The van der Waals surface area contributed by atoms with Gasteiger partial charge >= 0.3 is 0 Å². The Kier molecular flexibility index (Phi) is 3.22. The van der Waals surface area contributed by atoms with Crippen molar-refractivity contribution >= 4 is 11.8 Å². The summed E-state index contributed by atoms with van der Waals surface area (Å²) in [7, 11) is 0. The molecule has 0 aliphatic rings. The predicted octanol–water partition coefficient (Wildman–Crippen LogP) is 0.214. The molecule has 1 aromatic heterocycles. The Morgan fingerprint density at radius 3 is 2.50 bits per heavy atom. The SMILES string of the molecule is CC(C)(NC(=O)c1ccc(F)nc1)C(N)=O. The molecule has 0 saturated heterocycles. The van der Waals surface area contributed by atoms with Crippen molar-refractivity contribution in [3.8, 4) is 0 Å². The molecule has 1 rings (SSSR count). The molecule has 5 nitrogen and oxygen atoms in total. The number of hydrogen-bond acceptors (Lipinski definition) is 3. The van der Waals surface area contributed by atoms with Gasteiger partial charge in [0, 0.05) is 6.20 Å². The van der Waals surface area contributed by atoms with Crippen molar-refractivity contribution in [3.63, 3.8) is 0 Å². The summed E-state index contributed by atoms with van der Waals surface area (Å²) in [6.45, 7) is 2.95. The summed E-state index contributed by atoms with van der Waals surface area (Å²) in [6.07, 6.45) is 1.09. The van der Waals surface area contributed by atoms with Crippen LogP contribution in [0.15, 0.2) is 18.3 Å². The molecule has 16 heavy (non-hydrogen) atoms. The molecule has 0 aliphatic heterocycles. The highest BCUT2D eigenvalue weighted by Crippen LogP contribution is 2.04. The van der Waals surface area contributed by atoms with Crippen LogP contribution in [0.25, 0.3) is 0 Å². The van der Waals surface area contributed by atoms with Crippen LogP contribution in [0.4, 0.5) is 4.39 Å². The lowest BCUT2D eigenvalue weighted by atomic mass is 10.0. The first-order valence-corrected chi connectivity index (χ1v) is 4.57. The molecule has 0 atom stereocenters. The van der Waals surface area contributed by atoms with Crippen LogP contribution in [-0.2, 0) is 4.79 Å². The smallest absolute Gasteiger partial charge is 0.253 e. The number of carbonyl (C=O) groups excluding carboxylic acids is 2. The van der Waals surface area contributed by atoms with Gasteiger partial charge in [-0.25, -0.2) is 4.98 Å². The van der Waals surface area contributed by atoms with Crippen molar-refractivity contribution in [2.24, 2.45) is 5.73 Å². The quantitative estimate of drug-likeness (QED) is 0.721. The van der Waals surface area contributed by atoms with Crippen LogP contribution in [0.1, 0.15) is 24.2 Å². The Morgan fingerprint density at radius 2 is 2.06 bits per heavy atom. The first kappa shape index (κ1) is 12.1. The Balaban J connectivity index is 2.81. The van der Waals surface area contributed by atoms with Crippen molar-refractivity contribution in [2.75, 3.05) is 0 Å². The summed E-state index contributed by atoms with van der Waals surface area (Å²) in [5, 5.41) is 2.42. The molecule has 1 aromatic rings. The van der Waals surface area contributed by atoms with Crippen molar-refractivity contribution in [3.05, 3.63) is 29.8 Å². The largest absolute Gasteiger partial charge is 0.368 e. The van der Waals surface area contributed by atoms with Gasteiger partial charge in [0.2, 0.25) is 11.9 Å². The number of nitrogens with zero attached hydrogens (tertiary/aromatic N) is 1. The van der Waals surface area contributed by atoms with Crippen molar-refractivity contribution in [1.29, 1.82) is 0 Å². The van der Waals surface area contributed by atoms with Gasteiger partial charge in [-0.1, -0.05) is 0 Å². The van der Waals surface area contributed by atoms with Crippen molar-refractivity contribution in [1.82, 2.24) is 10.3 Å². The molecule has 0 radical (unpaired) electrons. The molecule has 0 unspecified atom stereocenters. The number of aromatic nitrogens is 1. The molecular formula is C10H12FN3O2. The Labute approximate surface area is 91.9 Å². The fourth-order valence-corrected chi connectivity index (χ4v) is 0.928. The number of rotatable bonds is 3. The van der Waals surface area contributed by atoms with E-state index in [4.69, 9.17) is 5.73 Å². The van der Waals surface area contributed by atoms with Crippen LogP contribution in [0.3, 0.4) is 0 Å². The maximum atomic E-state index is 12.5. The Hall–Kier alpha value is -1.98. The van der Waals surface area contributed by atoms with Crippen LogP contribution in [0.5, 0.6) is 0 Å². The third kappa shape index (κ3) is 2.75. The maximum absolute atomic E-state index is 12.5. The van der Waals surface area contributed by atoms with E-state index in [0.717, 1.165) is 12.3 Å². The molecule has 0 fully saturated rings. The summed E-state index contributed by atoms with van der Waals surface area (Å²) in [4.78, 5) is 25.9. The summed E-state index contributed by atoms with van der Waals surface area (Å²) >= 11 is 0. The highest BCUT2D eigenvalue weighted by atomic mass is 19.1. The van der Waals surface area contributed by atoms with Crippen LogP contribution >= 0.6 is 0 Å². The van der Waals surface area contributed by atoms with Gasteiger partial charge in [0.1, 0.15) is 5.54 Å². The van der Waals surface area contributed by atoms with Gasteiger partial charge < -0.3 is 11.1 Å². The van der Waals surface area contributed by atoms with Crippen LogP contribution in [0, 0.1) is 5.95 Å². The predicted molar refractivity (Wildman–Crippen MR) is 54.9 cm³/mol. The van der Waals surface area contributed by atoms with E-state index >= 15 is 0 Å². The van der Waals surface area contributed by atoms with Crippen LogP contribution < -0.4 is 11.1 Å². The highest BCUT2D eigenvalue weighted by Gasteiger charge is 2.27. The molecule has 0 bridgehead atoms. The van der Waals surface area contributed by atoms with Crippen LogP contribution in [-0.4, -0.2) is 22.3 Å². The fraction of sp³-hybridized carbons (Fsp3) is 0.300. The second kappa shape index (κ2) is 4.26. The van der Waals surface area contributed by atoms with E-state index in [1.54, 1.807) is 0 Å². The Morgan fingerprint density at radius 1 is 1.44 bits per heavy atom. The van der Waals surface area contributed by atoms with Gasteiger partial charge in [0.05, 0.1) is 5.56 Å². The molecule has 0 saturated carbocycles. The highest BCUT2D eigenvalue weighted by molar-refractivity contribution is 5.98. The maximum Gasteiger partial charge on any atom is 0.253 e. The van der Waals surface area contributed by atoms with Gasteiger partial charge in [0.25, 0.3) is 5.91 Å². The number of primary amides is 1. The number of nitrogens with one attached hydrogen (secondary N) is 1. The monoisotopic (exact) mass is 225 g/mol. The minimum absolute atomic E-state index is 0.163. The van der Waals surface area contributed by atoms with E-state index in [0.29, 0.717) is 0 Å². The van der Waals surface area contributed by atoms with E-state index in [1.807, 2.05) is 0 Å². The zero-order valence-corrected chi connectivity index (χ0v) is 8.95. The number of halogens is 1. The molecule has 6 heteroatoms. The minimum atomic E-state index is -1.16. The van der Waals surface area contributed by atoms with Gasteiger partial charge in [0.15, 0.2) is 0 Å². The fourth-order valence-electron chi connectivity index (χ4n) is 0.928. The van der Waals surface area contributed by atoms with E-state index in [1.165, 1.54) is 19.9 Å². The van der Waals surface area contributed by atoms with E-state index in [2.05, 4.69) is 10.3 Å². The number of pyridine rings is 1. The molecule has 86 valence electrons. The number of nitrogens with two attached hydrogens (primary N) is 1.